The first-order chi connectivity index (χ1) is 9.10. The van der Waals surface area contributed by atoms with E-state index in [1.807, 2.05) is 0 Å². The van der Waals surface area contributed by atoms with Crippen LogP contribution in [0.3, 0.4) is 0 Å². The maximum absolute atomic E-state index is 12.1. The molecule has 0 saturated heterocycles. The van der Waals surface area contributed by atoms with Crippen LogP contribution in [0.25, 0.3) is 0 Å². The number of hydrogen-bond donors (Lipinski definition) is 1. The largest absolute Gasteiger partial charge is 0.480 e. The number of ether oxygens (including phenoxy) is 1. The molecular weight excluding hydrogens is 308 g/mol. The van der Waals surface area contributed by atoms with Gasteiger partial charge in [0.05, 0.1) is 16.4 Å². The Balaban J connectivity index is 3.25. The van der Waals surface area contributed by atoms with Gasteiger partial charge in [-0.1, -0.05) is 0 Å². The molecular formula is C11H14O7S2. The van der Waals surface area contributed by atoms with E-state index < -0.39 is 37.5 Å². The molecule has 0 fully saturated rings. The van der Waals surface area contributed by atoms with Crippen LogP contribution in [-0.2, 0) is 29.2 Å². The van der Waals surface area contributed by atoms with Gasteiger partial charge in [0.2, 0.25) is 0 Å². The first kappa shape index (κ1) is 16.6. The topological polar surface area (TPSA) is 115 Å². The third-order valence-corrected chi connectivity index (χ3v) is 5.69. The quantitative estimate of drug-likeness (QED) is 0.781. The fraction of sp³-hybridized carbons (Fsp3) is 0.364. The van der Waals surface area contributed by atoms with Gasteiger partial charge >= 0.3 is 5.97 Å². The van der Waals surface area contributed by atoms with Gasteiger partial charge in [-0.3, -0.25) is 4.79 Å². The highest BCUT2D eigenvalue weighted by molar-refractivity contribution is 7.93. The van der Waals surface area contributed by atoms with Gasteiger partial charge in [-0.05, 0) is 24.3 Å². The van der Waals surface area contributed by atoms with E-state index >= 15 is 0 Å². The van der Waals surface area contributed by atoms with Crippen molar-refractivity contribution in [2.45, 2.75) is 15.0 Å². The molecule has 112 valence electrons. The molecule has 7 nitrogen and oxygen atoms in total. The second kappa shape index (κ2) is 5.90. The molecule has 0 aromatic heterocycles. The number of hydrogen-bond acceptors (Lipinski definition) is 6. The van der Waals surface area contributed by atoms with Crippen LogP contribution in [0.1, 0.15) is 0 Å². The molecule has 0 aliphatic heterocycles. The second-order valence-electron chi connectivity index (χ2n) is 4.07. The number of carboxylic acid groups (broad SMARTS) is 1. The van der Waals surface area contributed by atoms with Crippen molar-refractivity contribution in [3.05, 3.63) is 24.3 Å². The molecule has 0 bridgehead atoms. The van der Waals surface area contributed by atoms with Gasteiger partial charge in [0.15, 0.2) is 24.9 Å². The molecule has 9 heteroatoms. The van der Waals surface area contributed by atoms with E-state index in [9.17, 15) is 21.6 Å². The van der Waals surface area contributed by atoms with Gasteiger partial charge in [-0.2, -0.15) is 0 Å². The van der Waals surface area contributed by atoms with Crippen LogP contribution in [-0.4, -0.2) is 53.1 Å². The first-order valence-electron chi connectivity index (χ1n) is 5.36. The number of sulfone groups is 2. The Hall–Kier alpha value is -1.45. The lowest BCUT2D eigenvalue weighted by Gasteiger charge is -2.12. The van der Waals surface area contributed by atoms with Gasteiger partial charge in [0, 0.05) is 13.4 Å². The standard InChI is InChI=1S/C11H14O7S2/c1-18-7-10(11(12)13)20(16,17)9-5-3-8(4-6-9)19(2,14)15/h3-6,10H,7H2,1-2H3,(H,12,13). The Kier molecular flexibility index (Phi) is 4.90. The van der Waals surface area contributed by atoms with Crippen LogP contribution < -0.4 is 0 Å². The number of methoxy groups -OCH3 is 1. The molecule has 0 aliphatic carbocycles. The molecule has 1 aromatic carbocycles. The molecule has 0 heterocycles. The molecule has 0 spiro atoms. The third-order valence-electron chi connectivity index (χ3n) is 2.55. The Morgan fingerprint density at radius 3 is 1.95 bits per heavy atom. The number of aliphatic carboxylic acids is 1. The Morgan fingerprint density at radius 2 is 1.60 bits per heavy atom. The number of carboxylic acids is 1. The Morgan fingerprint density at radius 1 is 1.15 bits per heavy atom. The summed E-state index contributed by atoms with van der Waals surface area (Å²) in [5, 5.41) is 7.19. The molecule has 1 N–H and O–H groups in total. The normalized spacial score (nSPS) is 13.9. The summed E-state index contributed by atoms with van der Waals surface area (Å²) < 4.78 is 51.4. The zero-order chi connectivity index (χ0) is 15.6. The van der Waals surface area contributed by atoms with Crippen molar-refractivity contribution in [2.24, 2.45) is 0 Å². The third kappa shape index (κ3) is 3.56. The van der Waals surface area contributed by atoms with Crippen molar-refractivity contribution >= 4 is 25.6 Å². The average molecular weight is 322 g/mol. The molecule has 20 heavy (non-hydrogen) atoms. The van der Waals surface area contributed by atoms with E-state index in [2.05, 4.69) is 4.74 Å². The van der Waals surface area contributed by atoms with Crippen LogP contribution in [0.15, 0.2) is 34.1 Å². The monoisotopic (exact) mass is 322 g/mol. The maximum Gasteiger partial charge on any atom is 0.324 e. The van der Waals surface area contributed by atoms with Crippen LogP contribution in [0.5, 0.6) is 0 Å². The molecule has 1 aromatic rings. The van der Waals surface area contributed by atoms with Gasteiger partial charge in [-0.15, -0.1) is 0 Å². The predicted molar refractivity (Wildman–Crippen MR) is 70.0 cm³/mol. The summed E-state index contributed by atoms with van der Waals surface area (Å²) in [6.07, 6.45) is 0.988. The van der Waals surface area contributed by atoms with E-state index in [1.165, 1.54) is 7.11 Å². The molecule has 1 rings (SSSR count). The highest BCUT2D eigenvalue weighted by atomic mass is 32.2. The molecule has 1 atom stereocenters. The summed E-state index contributed by atoms with van der Waals surface area (Å²) >= 11 is 0. The zero-order valence-electron chi connectivity index (χ0n) is 10.8. The maximum atomic E-state index is 12.1. The van der Waals surface area contributed by atoms with Crippen LogP contribution in [0.4, 0.5) is 0 Å². The number of carbonyl (C=O) groups is 1. The van der Waals surface area contributed by atoms with Crippen molar-refractivity contribution < 1.29 is 31.5 Å². The van der Waals surface area contributed by atoms with Crippen molar-refractivity contribution in [3.8, 4) is 0 Å². The van der Waals surface area contributed by atoms with E-state index in [-0.39, 0.29) is 9.79 Å². The average Bonchev–Trinajstić information content (AvgIpc) is 2.34. The summed E-state index contributed by atoms with van der Waals surface area (Å²) in [6, 6.07) is 4.37. The minimum absolute atomic E-state index is 0.0462. The first-order valence-corrected chi connectivity index (χ1v) is 8.80. The summed E-state index contributed by atoms with van der Waals surface area (Å²) in [5.41, 5.74) is 0. The highest BCUT2D eigenvalue weighted by Crippen LogP contribution is 2.19. The Bertz CT molecular complexity index is 687. The molecule has 0 aliphatic rings. The summed E-state index contributed by atoms with van der Waals surface area (Å²) in [5.74, 6) is -1.53. The van der Waals surface area contributed by atoms with Crippen molar-refractivity contribution in [1.29, 1.82) is 0 Å². The smallest absolute Gasteiger partial charge is 0.324 e. The van der Waals surface area contributed by atoms with Crippen molar-refractivity contribution in [1.82, 2.24) is 0 Å². The Labute approximate surface area is 117 Å². The van der Waals surface area contributed by atoms with Crippen molar-refractivity contribution in [2.75, 3.05) is 20.0 Å². The van der Waals surface area contributed by atoms with E-state index in [0.717, 1.165) is 30.5 Å². The van der Waals surface area contributed by atoms with Crippen LogP contribution in [0, 0.1) is 0 Å². The summed E-state index contributed by atoms with van der Waals surface area (Å²) in [6.45, 7) is -0.495. The fourth-order valence-corrected chi connectivity index (χ4v) is 3.54. The van der Waals surface area contributed by atoms with E-state index in [1.54, 1.807) is 0 Å². The summed E-state index contributed by atoms with van der Waals surface area (Å²) in [7, 11) is -6.40. The minimum atomic E-state index is -4.14. The highest BCUT2D eigenvalue weighted by Gasteiger charge is 2.34. The van der Waals surface area contributed by atoms with Crippen molar-refractivity contribution in [3.63, 3.8) is 0 Å². The predicted octanol–water partition coefficient (Wildman–Crippen LogP) is -0.0366. The molecule has 0 amide bonds. The zero-order valence-corrected chi connectivity index (χ0v) is 12.4. The van der Waals surface area contributed by atoms with Gasteiger partial charge < -0.3 is 9.84 Å². The van der Waals surface area contributed by atoms with Crippen LogP contribution >= 0.6 is 0 Å². The van der Waals surface area contributed by atoms with E-state index in [4.69, 9.17) is 5.11 Å². The SMILES string of the molecule is COCC(C(=O)O)S(=O)(=O)c1ccc(S(C)(=O)=O)cc1. The van der Waals surface area contributed by atoms with Gasteiger partial charge in [0.25, 0.3) is 0 Å². The van der Waals surface area contributed by atoms with Crippen LogP contribution in [0.2, 0.25) is 0 Å². The summed E-state index contributed by atoms with van der Waals surface area (Å²) in [4.78, 5) is 10.7. The minimum Gasteiger partial charge on any atom is -0.480 e. The lowest BCUT2D eigenvalue weighted by Crippen LogP contribution is -2.34. The lowest BCUT2D eigenvalue weighted by atomic mass is 10.4. The second-order valence-corrected chi connectivity index (χ2v) is 8.22. The molecule has 0 radical (unpaired) electrons. The molecule has 1 unspecified atom stereocenters. The molecule has 0 saturated carbocycles. The lowest BCUT2D eigenvalue weighted by molar-refractivity contribution is -0.137. The van der Waals surface area contributed by atoms with E-state index in [0.29, 0.717) is 0 Å². The number of benzene rings is 1. The van der Waals surface area contributed by atoms with Gasteiger partial charge in [0.1, 0.15) is 0 Å². The van der Waals surface area contributed by atoms with Gasteiger partial charge in [-0.25, -0.2) is 16.8 Å². The number of rotatable bonds is 6. The fourth-order valence-electron chi connectivity index (χ4n) is 1.49.